The number of aromatic amines is 1. The van der Waals surface area contributed by atoms with Gasteiger partial charge in [0.1, 0.15) is 11.0 Å². The molecule has 25 heavy (non-hydrogen) atoms. The second-order valence-electron chi connectivity index (χ2n) is 5.60. The number of H-pyrrole nitrogens is 1. The molecule has 2 aromatic carbocycles. The maximum atomic E-state index is 12.1. The fraction of sp³-hybridized carbons (Fsp3) is 0. The van der Waals surface area contributed by atoms with Gasteiger partial charge in [0.15, 0.2) is 0 Å². The molecule has 0 amide bonds. The van der Waals surface area contributed by atoms with E-state index in [1.807, 2.05) is 66.9 Å². The van der Waals surface area contributed by atoms with Gasteiger partial charge < -0.3 is 4.52 Å². The summed E-state index contributed by atoms with van der Waals surface area (Å²) in [6.07, 6.45) is 3.56. The molecule has 0 fully saturated rings. The topological polar surface area (TPSA) is 63.8 Å². The van der Waals surface area contributed by atoms with Crippen molar-refractivity contribution in [3.05, 3.63) is 93.4 Å². The van der Waals surface area contributed by atoms with Gasteiger partial charge in [0.2, 0.25) is 10.8 Å². The van der Waals surface area contributed by atoms with Crippen LogP contribution in [-0.2, 0) is 0 Å². The Bertz CT molecular complexity index is 1170. The minimum atomic E-state index is -0.258. The van der Waals surface area contributed by atoms with Crippen LogP contribution < -0.4 is 16.2 Å². The minimum absolute atomic E-state index is 0.204. The summed E-state index contributed by atoms with van der Waals surface area (Å²) in [6, 6.07) is 19.6. The molecular formula is C20H15N3O2. The lowest BCUT2D eigenvalue weighted by atomic mass is 10.1. The third-order valence-corrected chi connectivity index (χ3v) is 3.88. The van der Waals surface area contributed by atoms with Gasteiger partial charge in [-0.05, 0) is 18.2 Å². The third-order valence-electron chi connectivity index (χ3n) is 3.88. The first-order valence-electron chi connectivity index (χ1n) is 7.81. The molecule has 0 aliphatic heterocycles. The Balaban J connectivity index is 1.95. The zero-order chi connectivity index (χ0) is 17.2. The van der Waals surface area contributed by atoms with Gasteiger partial charge in [0, 0.05) is 17.3 Å². The van der Waals surface area contributed by atoms with E-state index < -0.39 is 0 Å². The Hall–Kier alpha value is -3.60. The van der Waals surface area contributed by atoms with Crippen LogP contribution in [0.4, 0.5) is 0 Å². The van der Waals surface area contributed by atoms with Crippen LogP contribution in [0.3, 0.4) is 0 Å². The fourth-order valence-corrected chi connectivity index (χ4v) is 2.62. The van der Waals surface area contributed by atoms with E-state index in [1.54, 1.807) is 10.8 Å². The van der Waals surface area contributed by atoms with E-state index in [1.165, 1.54) is 0 Å². The van der Waals surface area contributed by atoms with Crippen LogP contribution in [0.2, 0.25) is 0 Å². The van der Waals surface area contributed by atoms with Crippen molar-refractivity contribution in [3.63, 3.8) is 0 Å². The maximum Gasteiger partial charge on any atom is 0.249 e. The van der Waals surface area contributed by atoms with Gasteiger partial charge in [-0.15, -0.1) is 0 Å². The zero-order valence-electron chi connectivity index (χ0n) is 13.3. The van der Waals surface area contributed by atoms with Crippen molar-refractivity contribution in [1.29, 1.82) is 0 Å². The van der Waals surface area contributed by atoms with E-state index >= 15 is 0 Å². The SMILES string of the molecule is C=c1[nH]o/c(=C\c2cn(-c3ccccc3)nc2-c2ccccc2)c1=O. The normalized spacial score (nSPS) is 11.8. The molecule has 5 nitrogen and oxygen atoms in total. The van der Waals surface area contributed by atoms with E-state index in [0.29, 0.717) is 0 Å². The Morgan fingerprint density at radius 2 is 1.72 bits per heavy atom. The molecule has 0 saturated carbocycles. The number of hydrogen-bond donors (Lipinski definition) is 1. The summed E-state index contributed by atoms with van der Waals surface area (Å²) in [5.74, 6) is 0. The minimum Gasteiger partial charge on any atom is -0.378 e. The van der Waals surface area contributed by atoms with E-state index in [4.69, 9.17) is 9.62 Å². The van der Waals surface area contributed by atoms with Crippen LogP contribution in [0.25, 0.3) is 29.6 Å². The Kier molecular flexibility index (Phi) is 3.67. The van der Waals surface area contributed by atoms with E-state index in [9.17, 15) is 4.79 Å². The molecule has 0 aliphatic rings. The standard InChI is InChI=1S/C20H15N3O2/c1-14-20(24)18(25-22-14)12-16-13-23(17-10-6-3-7-11-17)21-19(16)15-8-4-2-5-9-15/h2-13,22H,1H2/b18-12-. The van der Waals surface area contributed by atoms with Crippen LogP contribution in [0.1, 0.15) is 5.56 Å². The highest BCUT2D eigenvalue weighted by Gasteiger charge is 2.11. The molecule has 122 valence electrons. The summed E-state index contributed by atoms with van der Waals surface area (Å²) in [4.78, 5) is 12.1. The van der Waals surface area contributed by atoms with Crippen molar-refractivity contribution in [3.8, 4) is 16.9 Å². The second-order valence-corrected chi connectivity index (χ2v) is 5.60. The highest BCUT2D eigenvalue weighted by molar-refractivity contribution is 5.71. The van der Waals surface area contributed by atoms with Crippen molar-refractivity contribution < 1.29 is 4.52 Å². The predicted molar refractivity (Wildman–Crippen MR) is 96.7 cm³/mol. The number of para-hydroxylation sites is 1. The fourth-order valence-electron chi connectivity index (χ4n) is 2.62. The smallest absolute Gasteiger partial charge is 0.249 e. The van der Waals surface area contributed by atoms with E-state index in [2.05, 4.69) is 11.7 Å². The largest absolute Gasteiger partial charge is 0.378 e. The highest BCUT2D eigenvalue weighted by Crippen LogP contribution is 2.23. The van der Waals surface area contributed by atoms with Crippen LogP contribution in [0.5, 0.6) is 0 Å². The van der Waals surface area contributed by atoms with Crippen molar-refractivity contribution in [2.75, 3.05) is 0 Å². The first-order chi connectivity index (χ1) is 12.2. The summed E-state index contributed by atoms with van der Waals surface area (Å²) in [7, 11) is 0. The van der Waals surface area contributed by atoms with Crippen LogP contribution in [0.15, 0.2) is 76.2 Å². The van der Waals surface area contributed by atoms with E-state index in [0.717, 1.165) is 22.5 Å². The summed E-state index contributed by atoms with van der Waals surface area (Å²) in [5, 5.41) is 7.42. The third kappa shape index (κ3) is 2.83. The van der Waals surface area contributed by atoms with Gasteiger partial charge in [-0.1, -0.05) is 55.1 Å². The van der Waals surface area contributed by atoms with Crippen molar-refractivity contribution in [2.24, 2.45) is 0 Å². The maximum absolute atomic E-state index is 12.1. The number of nitrogens with zero attached hydrogens (tertiary/aromatic N) is 2. The molecule has 0 bridgehead atoms. The predicted octanol–water partition coefficient (Wildman–Crippen LogP) is 2.06. The first-order valence-corrected chi connectivity index (χ1v) is 7.81. The molecule has 0 spiro atoms. The quantitative estimate of drug-likeness (QED) is 0.626. The van der Waals surface area contributed by atoms with Gasteiger partial charge in [-0.25, -0.2) is 9.84 Å². The van der Waals surface area contributed by atoms with Gasteiger partial charge in [0.25, 0.3) is 0 Å². The Morgan fingerprint density at radius 1 is 1.04 bits per heavy atom. The number of benzene rings is 2. The lowest BCUT2D eigenvalue weighted by molar-refractivity contribution is 0.389. The number of rotatable bonds is 3. The summed E-state index contributed by atoms with van der Waals surface area (Å²) in [5.41, 5.74) is 3.40. The van der Waals surface area contributed by atoms with Crippen LogP contribution >= 0.6 is 0 Å². The van der Waals surface area contributed by atoms with Gasteiger partial charge in [-0.3, -0.25) is 4.79 Å². The number of aromatic nitrogens is 3. The number of nitrogens with one attached hydrogen (secondary N) is 1. The molecule has 2 heterocycles. The Morgan fingerprint density at radius 3 is 2.36 bits per heavy atom. The molecule has 1 N–H and O–H groups in total. The van der Waals surface area contributed by atoms with Gasteiger partial charge in [0.05, 0.1) is 5.69 Å². The molecule has 0 atom stereocenters. The molecule has 0 aliphatic carbocycles. The molecule has 0 saturated heterocycles. The zero-order valence-corrected chi connectivity index (χ0v) is 13.3. The number of hydrogen-bond acceptors (Lipinski definition) is 3. The highest BCUT2D eigenvalue weighted by atomic mass is 16.5. The molecule has 5 heteroatoms. The summed E-state index contributed by atoms with van der Waals surface area (Å²) >= 11 is 0. The molecule has 4 aromatic rings. The molecule has 4 rings (SSSR count). The van der Waals surface area contributed by atoms with E-state index in [-0.39, 0.29) is 16.2 Å². The average molecular weight is 329 g/mol. The van der Waals surface area contributed by atoms with Crippen LogP contribution in [0, 0.1) is 0 Å². The lowest BCUT2D eigenvalue weighted by Gasteiger charge is -2.00. The molecular weight excluding hydrogens is 314 g/mol. The Labute approximate surface area is 143 Å². The summed E-state index contributed by atoms with van der Waals surface area (Å²) in [6.45, 7) is 3.61. The van der Waals surface area contributed by atoms with Crippen molar-refractivity contribution >= 4 is 12.7 Å². The summed E-state index contributed by atoms with van der Waals surface area (Å²) < 4.78 is 7.00. The van der Waals surface area contributed by atoms with Crippen molar-refractivity contribution in [1.82, 2.24) is 14.9 Å². The average Bonchev–Trinajstić information content (AvgIpc) is 3.22. The molecule has 0 radical (unpaired) electrons. The monoisotopic (exact) mass is 329 g/mol. The van der Waals surface area contributed by atoms with Gasteiger partial charge in [-0.2, -0.15) is 5.10 Å². The molecule has 0 unspecified atom stereocenters. The second kappa shape index (κ2) is 6.13. The molecule has 2 aromatic heterocycles. The van der Waals surface area contributed by atoms with Gasteiger partial charge >= 0.3 is 0 Å². The lowest BCUT2D eigenvalue weighted by Crippen LogP contribution is -2.30. The van der Waals surface area contributed by atoms with Crippen molar-refractivity contribution in [2.45, 2.75) is 0 Å². The van der Waals surface area contributed by atoms with Crippen LogP contribution in [-0.4, -0.2) is 14.9 Å². The first kappa shape index (κ1) is 15.0.